The van der Waals surface area contributed by atoms with Crippen LogP contribution in [0.4, 0.5) is 19.6 Å². The summed E-state index contributed by atoms with van der Waals surface area (Å²) in [6.45, 7) is 0. The van der Waals surface area contributed by atoms with E-state index in [1.165, 1.54) is 16.7 Å². The van der Waals surface area contributed by atoms with Crippen LogP contribution in [-0.4, -0.2) is 4.98 Å². The van der Waals surface area contributed by atoms with E-state index in [1.807, 2.05) is 30.3 Å². The third kappa shape index (κ3) is 2.50. The fraction of sp³-hybridized carbons (Fsp3) is 0.100. The zero-order valence-electron chi connectivity index (χ0n) is 7.65. The van der Waals surface area contributed by atoms with Crippen LogP contribution in [0.25, 0.3) is 0 Å². The highest BCUT2D eigenvalue weighted by molar-refractivity contribution is 7.13. The lowest BCUT2D eigenvalue weighted by molar-refractivity contribution is 0.147. The third-order valence-corrected chi connectivity index (χ3v) is 2.55. The van der Waals surface area contributed by atoms with Crippen LogP contribution >= 0.6 is 11.3 Å². The van der Waals surface area contributed by atoms with Gasteiger partial charge >= 0.3 is 0 Å². The van der Waals surface area contributed by atoms with Crippen LogP contribution in [-0.2, 0) is 0 Å². The Balaban J connectivity index is 2.12. The van der Waals surface area contributed by atoms with E-state index in [2.05, 4.69) is 10.3 Å². The molecule has 0 saturated carbocycles. The lowest BCUT2D eigenvalue weighted by Gasteiger charge is -2.00. The number of nitrogens with zero attached hydrogens (tertiary/aromatic N) is 1. The molecule has 78 valence electrons. The number of halogens is 2. The molecule has 15 heavy (non-hydrogen) atoms. The molecule has 0 fully saturated rings. The third-order valence-electron chi connectivity index (χ3n) is 1.77. The Morgan fingerprint density at radius 2 is 1.93 bits per heavy atom. The first-order valence-electron chi connectivity index (χ1n) is 4.31. The quantitative estimate of drug-likeness (QED) is 0.860. The fourth-order valence-corrected chi connectivity index (χ4v) is 1.81. The van der Waals surface area contributed by atoms with E-state index in [-0.39, 0.29) is 5.69 Å². The SMILES string of the molecule is FC(F)c1csc(Nc2ccccc2)n1. The lowest BCUT2D eigenvalue weighted by atomic mass is 10.3. The summed E-state index contributed by atoms with van der Waals surface area (Å²) in [7, 11) is 0. The van der Waals surface area contributed by atoms with Crippen molar-refractivity contribution in [1.82, 2.24) is 4.98 Å². The van der Waals surface area contributed by atoms with Crippen molar-refractivity contribution in [3.8, 4) is 0 Å². The fourth-order valence-electron chi connectivity index (χ4n) is 1.09. The highest BCUT2D eigenvalue weighted by atomic mass is 32.1. The van der Waals surface area contributed by atoms with Crippen molar-refractivity contribution in [2.75, 3.05) is 5.32 Å². The van der Waals surface area contributed by atoms with Crippen molar-refractivity contribution in [1.29, 1.82) is 0 Å². The first kappa shape index (κ1) is 10.0. The van der Waals surface area contributed by atoms with Gasteiger partial charge in [-0.05, 0) is 12.1 Å². The van der Waals surface area contributed by atoms with Gasteiger partial charge < -0.3 is 5.32 Å². The minimum Gasteiger partial charge on any atom is -0.332 e. The summed E-state index contributed by atoms with van der Waals surface area (Å²) in [4.78, 5) is 3.76. The van der Waals surface area contributed by atoms with Crippen LogP contribution in [0.1, 0.15) is 12.1 Å². The number of benzene rings is 1. The summed E-state index contributed by atoms with van der Waals surface area (Å²) in [6, 6.07) is 9.32. The Morgan fingerprint density at radius 3 is 2.53 bits per heavy atom. The summed E-state index contributed by atoms with van der Waals surface area (Å²) < 4.78 is 24.5. The van der Waals surface area contributed by atoms with Crippen LogP contribution in [0.3, 0.4) is 0 Å². The van der Waals surface area contributed by atoms with E-state index in [9.17, 15) is 8.78 Å². The maximum absolute atomic E-state index is 12.2. The molecular weight excluding hydrogens is 218 g/mol. The molecule has 0 saturated heterocycles. The number of thiazole rings is 1. The molecule has 1 aromatic heterocycles. The van der Waals surface area contributed by atoms with Crippen molar-refractivity contribution in [3.63, 3.8) is 0 Å². The molecule has 1 heterocycles. The van der Waals surface area contributed by atoms with Gasteiger partial charge in [0.05, 0.1) is 0 Å². The van der Waals surface area contributed by atoms with E-state index in [0.29, 0.717) is 5.13 Å². The first-order chi connectivity index (χ1) is 7.25. The van der Waals surface area contributed by atoms with E-state index in [4.69, 9.17) is 0 Å². The molecule has 2 rings (SSSR count). The Morgan fingerprint density at radius 1 is 1.20 bits per heavy atom. The average Bonchev–Trinajstić information content (AvgIpc) is 2.68. The van der Waals surface area contributed by atoms with Crippen LogP contribution in [0.15, 0.2) is 35.7 Å². The van der Waals surface area contributed by atoms with Crippen molar-refractivity contribution in [2.45, 2.75) is 6.43 Å². The number of rotatable bonds is 3. The first-order valence-corrected chi connectivity index (χ1v) is 5.19. The molecule has 0 radical (unpaired) electrons. The van der Waals surface area contributed by atoms with Gasteiger partial charge in [-0.15, -0.1) is 11.3 Å². The maximum atomic E-state index is 12.2. The average molecular weight is 226 g/mol. The van der Waals surface area contributed by atoms with Gasteiger partial charge in [0.1, 0.15) is 5.69 Å². The molecule has 2 nitrogen and oxygen atoms in total. The Hall–Kier alpha value is -1.49. The van der Waals surface area contributed by atoms with Gasteiger partial charge in [0.25, 0.3) is 6.43 Å². The van der Waals surface area contributed by atoms with Crippen LogP contribution in [0.5, 0.6) is 0 Å². The highest BCUT2D eigenvalue weighted by Crippen LogP contribution is 2.26. The second-order valence-corrected chi connectivity index (χ2v) is 3.73. The van der Waals surface area contributed by atoms with Crippen molar-refractivity contribution < 1.29 is 8.78 Å². The Labute approximate surface area is 89.6 Å². The largest absolute Gasteiger partial charge is 0.332 e. The highest BCUT2D eigenvalue weighted by Gasteiger charge is 2.11. The summed E-state index contributed by atoms with van der Waals surface area (Å²) in [5.74, 6) is 0. The number of nitrogens with one attached hydrogen (secondary N) is 1. The summed E-state index contributed by atoms with van der Waals surface area (Å²) in [5, 5.41) is 4.79. The number of hydrogen-bond acceptors (Lipinski definition) is 3. The number of aromatic nitrogens is 1. The molecule has 5 heteroatoms. The summed E-state index contributed by atoms with van der Waals surface area (Å²) in [5.41, 5.74) is 0.658. The minimum atomic E-state index is -2.51. The minimum absolute atomic E-state index is 0.182. The number of alkyl halides is 2. The second kappa shape index (κ2) is 4.35. The molecule has 1 N–H and O–H groups in total. The van der Waals surface area contributed by atoms with Crippen LogP contribution < -0.4 is 5.32 Å². The predicted molar refractivity (Wildman–Crippen MR) is 56.8 cm³/mol. The monoisotopic (exact) mass is 226 g/mol. The number of anilines is 2. The number of para-hydroxylation sites is 1. The molecule has 0 aliphatic rings. The van der Waals surface area contributed by atoms with Crippen molar-refractivity contribution in [2.24, 2.45) is 0 Å². The van der Waals surface area contributed by atoms with E-state index < -0.39 is 6.43 Å². The normalized spacial score (nSPS) is 10.6. The van der Waals surface area contributed by atoms with Gasteiger partial charge in [-0.1, -0.05) is 18.2 Å². The number of hydrogen-bond donors (Lipinski definition) is 1. The molecule has 0 bridgehead atoms. The molecule has 0 aliphatic carbocycles. The molecule has 2 aromatic rings. The van der Waals surface area contributed by atoms with Gasteiger partial charge in [-0.25, -0.2) is 13.8 Å². The van der Waals surface area contributed by atoms with Gasteiger partial charge in [0.15, 0.2) is 5.13 Å². The Kier molecular flexibility index (Phi) is 2.91. The maximum Gasteiger partial charge on any atom is 0.281 e. The van der Waals surface area contributed by atoms with Gasteiger partial charge in [0.2, 0.25) is 0 Å². The standard InChI is InChI=1S/C10H8F2N2S/c11-9(12)8-6-15-10(14-8)13-7-4-2-1-3-5-7/h1-6,9H,(H,13,14). The molecule has 0 atom stereocenters. The second-order valence-electron chi connectivity index (χ2n) is 2.87. The van der Waals surface area contributed by atoms with E-state index in [1.54, 1.807) is 0 Å². The zero-order chi connectivity index (χ0) is 10.7. The smallest absolute Gasteiger partial charge is 0.281 e. The molecule has 0 unspecified atom stereocenters. The van der Waals surface area contributed by atoms with Crippen LogP contribution in [0, 0.1) is 0 Å². The molecular formula is C10H8F2N2S. The van der Waals surface area contributed by atoms with E-state index in [0.717, 1.165) is 5.69 Å². The van der Waals surface area contributed by atoms with Gasteiger partial charge in [-0.3, -0.25) is 0 Å². The molecule has 0 aliphatic heterocycles. The van der Waals surface area contributed by atoms with Crippen molar-refractivity contribution >= 4 is 22.2 Å². The van der Waals surface area contributed by atoms with Crippen LogP contribution in [0.2, 0.25) is 0 Å². The zero-order valence-corrected chi connectivity index (χ0v) is 8.47. The summed E-state index contributed by atoms with van der Waals surface area (Å²) >= 11 is 1.17. The topological polar surface area (TPSA) is 24.9 Å². The van der Waals surface area contributed by atoms with Crippen molar-refractivity contribution in [3.05, 3.63) is 41.4 Å². The van der Waals surface area contributed by atoms with E-state index >= 15 is 0 Å². The predicted octanol–water partition coefficient (Wildman–Crippen LogP) is 3.82. The Bertz CT molecular complexity index is 428. The summed E-state index contributed by atoms with van der Waals surface area (Å²) in [6.07, 6.45) is -2.51. The molecule has 0 spiro atoms. The molecule has 0 amide bonds. The lowest BCUT2D eigenvalue weighted by Crippen LogP contribution is -1.90. The van der Waals surface area contributed by atoms with Gasteiger partial charge in [-0.2, -0.15) is 0 Å². The van der Waals surface area contributed by atoms with Gasteiger partial charge in [0, 0.05) is 11.1 Å². The molecule has 1 aromatic carbocycles.